The zero-order valence-electron chi connectivity index (χ0n) is 10.0. The van der Waals surface area contributed by atoms with Gasteiger partial charge in [-0.05, 0) is 31.8 Å². The third-order valence-corrected chi connectivity index (χ3v) is 3.35. The number of aromatic nitrogens is 4. The van der Waals surface area contributed by atoms with Crippen LogP contribution < -0.4 is 11.1 Å². The van der Waals surface area contributed by atoms with Gasteiger partial charge in [-0.1, -0.05) is 0 Å². The highest BCUT2D eigenvalue weighted by Crippen LogP contribution is 2.19. The number of nitrogens with zero attached hydrogens (tertiary/aromatic N) is 4. The van der Waals surface area contributed by atoms with Crippen LogP contribution in [0, 0.1) is 5.92 Å². The van der Waals surface area contributed by atoms with Gasteiger partial charge in [0.25, 0.3) is 0 Å². The maximum atomic E-state index is 5.79. The molecule has 0 aromatic carbocycles. The van der Waals surface area contributed by atoms with Gasteiger partial charge in [-0.25, -0.2) is 14.6 Å². The monoisotopic (exact) mass is 268 g/mol. The first-order valence-electron chi connectivity index (χ1n) is 5.97. The van der Waals surface area contributed by atoms with Gasteiger partial charge in [0.05, 0.1) is 11.6 Å². The van der Waals surface area contributed by atoms with E-state index in [2.05, 4.69) is 20.4 Å². The number of nitrogen functional groups attached to an aromatic ring is 1. The zero-order valence-corrected chi connectivity index (χ0v) is 10.9. The molecule has 0 atom stereocenters. The number of nitrogens with one attached hydrogen (secondary N) is 1. The Morgan fingerprint density at radius 3 is 2.89 bits per heavy atom. The van der Waals surface area contributed by atoms with Gasteiger partial charge in [0.1, 0.15) is 12.1 Å². The molecule has 0 bridgehead atoms. The minimum absolute atomic E-state index is 0. The van der Waals surface area contributed by atoms with E-state index >= 15 is 0 Å². The van der Waals surface area contributed by atoms with Crippen molar-refractivity contribution in [2.45, 2.75) is 19.4 Å². The van der Waals surface area contributed by atoms with Gasteiger partial charge in [-0.3, -0.25) is 0 Å². The minimum atomic E-state index is 0. The molecule has 1 saturated heterocycles. The number of anilines is 1. The number of nitrogens with two attached hydrogens (primary N) is 1. The van der Waals surface area contributed by atoms with E-state index in [0.29, 0.717) is 11.7 Å². The Kier molecular flexibility index (Phi) is 3.98. The summed E-state index contributed by atoms with van der Waals surface area (Å²) in [5.74, 6) is 1.18. The van der Waals surface area contributed by atoms with Crippen molar-refractivity contribution in [3.8, 4) is 0 Å². The Hall–Kier alpha value is -1.40. The SMILES string of the molecule is Cl.Nc1ncnc2c1cnn2CC1CCNCC1. The lowest BCUT2D eigenvalue weighted by atomic mass is 9.98. The fourth-order valence-corrected chi connectivity index (χ4v) is 2.35. The molecule has 1 fully saturated rings. The average molecular weight is 269 g/mol. The van der Waals surface area contributed by atoms with Crippen LogP contribution in [0.1, 0.15) is 12.8 Å². The fourth-order valence-electron chi connectivity index (χ4n) is 2.35. The summed E-state index contributed by atoms with van der Waals surface area (Å²) in [4.78, 5) is 8.23. The highest BCUT2D eigenvalue weighted by atomic mass is 35.5. The largest absolute Gasteiger partial charge is 0.383 e. The summed E-state index contributed by atoms with van der Waals surface area (Å²) in [5.41, 5.74) is 6.63. The van der Waals surface area contributed by atoms with Crippen LogP contribution in [0.5, 0.6) is 0 Å². The molecule has 3 heterocycles. The second-order valence-corrected chi connectivity index (χ2v) is 4.52. The smallest absolute Gasteiger partial charge is 0.163 e. The topological polar surface area (TPSA) is 81.7 Å². The van der Waals surface area contributed by atoms with Crippen molar-refractivity contribution in [3.63, 3.8) is 0 Å². The number of halogens is 1. The predicted octanol–water partition coefficient (Wildman–Crippen LogP) is 0.830. The molecule has 2 aromatic heterocycles. The molecule has 2 aromatic rings. The van der Waals surface area contributed by atoms with Crippen LogP contribution in [0.2, 0.25) is 0 Å². The molecule has 0 saturated carbocycles. The molecule has 1 aliphatic rings. The third-order valence-electron chi connectivity index (χ3n) is 3.35. The molecule has 0 radical (unpaired) electrons. The molecule has 1 aliphatic heterocycles. The molecule has 7 heteroatoms. The van der Waals surface area contributed by atoms with Gasteiger partial charge in [0.2, 0.25) is 0 Å². The summed E-state index contributed by atoms with van der Waals surface area (Å²) in [6.45, 7) is 3.11. The summed E-state index contributed by atoms with van der Waals surface area (Å²) in [5, 5.41) is 8.58. The number of piperidine rings is 1. The predicted molar refractivity (Wildman–Crippen MR) is 72.6 cm³/mol. The van der Waals surface area contributed by atoms with Crippen molar-refractivity contribution in [1.29, 1.82) is 0 Å². The first kappa shape index (κ1) is 13.0. The molecular formula is C11H17ClN6. The van der Waals surface area contributed by atoms with Gasteiger partial charge in [0, 0.05) is 6.54 Å². The lowest BCUT2D eigenvalue weighted by molar-refractivity contribution is 0.324. The highest BCUT2D eigenvalue weighted by molar-refractivity contribution is 5.85. The van der Waals surface area contributed by atoms with Crippen molar-refractivity contribution in [2.24, 2.45) is 5.92 Å². The summed E-state index contributed by atoms with van der Waals surface area (Å²) in [6, 6.07) is 0. The van der Waals surface area contributed by atoms with E-state index in [1.165, 1.54) is 19.2 Å². The number of hydrogen-bond acceptors (Lipinski definition) is 5. The van der Waals surface area contributed by atoms with Gasteiger partial charge < -0.3 is 11.1 Å². The number of rotatable bonds is 2. The Morgan fingerprint density at radius 2 is 2.11 bits per heavy atom. The standard InChI is InChI=1S/C11H16N6.ClH/c12-10-9-5-16-17(11(9)15-7-14-10)6-8-1-3-13-4-2-8;/h5,7-8,13H,1-4,6H2,(H2,12,14,15);1H. The van der Waals surface area contributed by atoms with Gasteiger partial charge in [-0.2, -0.15) is 5.10 Å². The summed E-state index contributed by atoms with van der Waals surface area (Å²) in [6.07, 6.45) is 5.65. The van der Waals surface area contributed by atoms with E-state index in [0.717, 1.165) is 30.7 Å². The highest BCUT2D eigenvalue weighted by Gasteiger charge is 2.16. The molecule has 0 unspecified atom stereocenters. The normalized spacial score (nSPS) is 16.7. The molecule has 6 nitrogen and oxygen atoms in total. The minimum Gasteiger partial charge on any atom is -0.383 e. The fraction of sp³-hybridized carbons (Fsp3) is 0.545. The van der Waals surface area contributed by atoms with E-state index in [9.17, 15) is 0 Å². The van der Waals surface area contributed by atoms with Crippen molar-refractivity contribution in [3.05, 3.63) is 12.5 Å². The van der Waals surface area contributed by atoms with E-state index in [-0.39, 0.29) is 12.4 Å². The molecule has 18 heavy (non-hydrogen) atoms. The van der Waals surface area contributed by atoms with Crippen molar-refractivity contribution < 1.29 is 0 Å². The van der Waals surface area contributed by atoms with Gasteiger partial charge >= 0.3 is 0 Å². The van der Waals surface area contributed by atoms with Crippen molar-refractivity contribution >= 4 is 29.3 Å². The van der Waals surface area contributed by atoms with Gasteiger partial charge in [0.15, 0.2) is 5.65 Å². The van der Waals surface area contributed by atoms with Crippen LogP contribution in [0.4, 0.5) is 5.82 Å². The van der Waals surface area contributed by atoms with Crippen LogP contribution in [0.25, 0.3) is 11.0 Å². The van der Waals surface area contributed by atoms with Gasteiger partial charge in [-0.15, -0.1) is 12.4 Å². The number of hydrogen-bond donors (Lipinski definition) is 2. The Morgan fingerprint density at radius 1 is 1.33 bits per heavy atom. The maximum Gasteiger partial charge on any atom is 0.163 e. The van der Waals surface area contributed by atoms with E-state index in [4.69, 9.17) is 5.73 Å². The lowest BCUT2D eigenvalue weighted by Gasteiger charge is -2.22. The van der Waals surface area contributed by atoms with Crippen LogP contribution >= 0.6 is 12.4 Å². The maximum absolute atomic E-state index is 5.79. The van der Waals surface area contributed by atoms with Crippen molar-refractivity contribution in [2.75, 3.05) is 18.8 Å². The molecular weight excluding hydrogens is 252 g/mol. The van der Waals surface area contributed by atoms with Crippen LogP contribution in [0.15, 0.2) is 12.5 Å². The summed E-state index contributed by atoms with van der Waals surface area (Å²) >= 11 is 0. The quantitative estimate of drug-likeness (QED) is 0.843. The Bertz CT molecular complexity index is 519. The van der Waals surface area contributed by atoms with Crippen LogP contribution in [-0.4, -0.2) is 32.8 Å². The van der Waals surface area contributed by atoms with Crippen LogP contribution in [0.3, 0.4) is 0 Å². The zero-order chi connectivity index (χ0) is 11.7. The second-order valence-electron chi connectivity index (χ2n) is 4.52. The van der Waals surface area contributed by atoms with E-state index < -0.39 is 0 Å². The van der Waals surface area contributed by atoms with E-state index in [1.54, 1.807) is 6.20 Å². The third kappa shape index (κ3) is 2.39. The first-order valence-corrected chi connectivity index (χ1v) is 5.97. The Balaban J connectivity index is 0.00000120. The molecule has 0 aliphatic carbocycles. The summed E-state index contributed by atoms with van der Waals surface area (Å²) in [7, 11) is 0. The molecule has 3 N–H and O–H groups in total. The molecule has 98 valence electrons. The van der Waals surface area contributed by atoms with E-state index in [1.807, 2.05) is 4.68 Å². The second kappa shape index (κ2) is 5.49. The summed E-state index contributed by atoms with van der Waals surface area (Å²) < 4.78 is 1.95. The van der Waals surface area contributed by atoms with Crippen LogP contribution in [-0.2, 0) is 6.54 Å². The molecule has 0 amide bonds. The molecule has 3 rings (SSSR count). The molecule has 0 spiro atoms. The lowest BCUT2D eigenvalue weighted by Crippen LogP contribution is -2.30. The van der Waals surface area contributed by atoms with Crippen molar-refractivity contribution in [1.82, 2.24) is 25.1 Å². The number of fused-ring (bicyclic) bond motifs is 1. The average Bonchev–Trinajstić information content (AvgIpc) is 2.76. The first-order chi connectivity index (χ1) is 8.34. The Labute approximate surface area is 111 Å².